The Morgan fingerprint density at radius 2 is 2.04 bits per heavy atom. The molecule has 0 aliphatic carbocycles. The van der Waals surface area contributed by atoms with Crippen molar-refractivity contribution in [1.82, 2.24) is 9.88 Å². The van der Waals surface area contributed by atoms with Gasteiger partial charge < -0.3 is 14.6 Å². The normalized spacial score (nSPS) is 15.6. The monoisotopic (exact) mass is 382 g/mol. The smallest absolute Gasteiger partial charge is 0.267 e. The third-order valence-corrected chi connectivity index (χ3v) is 5.49. The van der Waals surface area contributed by atoms with Gasteiger partial charge in [-0.25, -0.2) is 0 Å². The van der Waals surface area contributed by atoms with Crippen LogP contribution in [0.15, 0.2) is 42.5 Å². The van der Waals surface area contributed by atoms with Crippen LogP contribution in [-0.4, -0.2) is 23.1 Å². The highest BCUT2D eigenvalue weighted by molar-refractivity contribution is 6.36. The molecule has 0 unspecified atom stereocenters. The number of hydrogen-bond acceptors (Lipinski definition) is 2. The van der Waals surface area contributed by atoms with Gasteiger partial charge in [-0.05, 0) is 43.5 Å². The summed E-state index contributed by atoms with van der Waals surface area (Å²) in [5, 5.41) is 4.56. The predicted octanol–water partition coefficient (Wildman–Crippen LogP) is 4.75. The summed E-state index contributed by atoms with van der Waals surface area (Å²) < 4.78 is 8.09. The molecule has 140 valence electrons. The SMILES string of the molecule is CC[C@H]1Cn2c(C(=O)NCCc3ccc(C)cc3)cc3c(Cl)ccc(c32)O1. The molecule has 2 heterocycles. The summed E-state index contributed by atoms with van der Waals surface area (Å²) in [6, 6.07) is 14.0. The Kier molecular flexibility index (Phi) is 4.83. The molecule has 1 amide bonds. The van der Waals surface area contributed by atoms with Gasteiger partial charge in [-0.2, -0.15) is 0 Å². The van der Waals surface area contributed by atoms with Crippen LogP contribution in [0.1, 0.15) is 35.0 Å². The lowest BCUT2D eigenvalue weighted by molar-refractivity contribution is 0.0938. The Morgan fingerprint density at radius 1 is 1.26 bits per heavy atom. The number of benzene rings is 2. The standard InChI is InChI=1S/C22H23ClN2O2/c1-3-16-13-25-19(12-17-18(23)8-9-20(27-16)21(17)25)22(26)24-11-10-15-6-4-14(2)5-7-15/h4-9,12,16H,3,10-11,13H2,1-2H3,(H,24,26)/t16-/m0/s1. The van der Waals surface area contributed by atoms with Crippen LogP contribution < -0.4 is 10.1 Å². The summed E-state index contributed by atoms with van der Waals surface area (Å²) in [6.07, 6.45) is 1.75. The molecule has 4 nitrogen and oxygen atoms in total. The summed E-state index contributed by atoms with van der Waals surface area (Å²) in [6.45, 7) is 5.42. The summed E-state index contributed by atoms with van der Waals surface area (Å²) in [5.74, 6) is 0.725. The summed E-state index contributed by atoms with van der Waals surface area (Å²) in [4.78, 5) is 12.9. The van der Waals surface area contributed by atoms with E-state index >= 15 is 0 Å². The van der Waals surface area contributed by atoms with E-state index in [-0.39, 0.29) is 12.0 Å². The largest absolute Gasteiger partial charge is 0.486 e. The topological polar surface area (TPSA) is 43.3 Å². The average Bonchev–Trinajstić information content (AvgIpc) is 3.07. The molecule has 3 aromatic rings. The van der Waals surface area contributed by atoms with Crippen molar-refractivity contribution in [2.45, 2.75) is 39.3 Å². The fourth-order valence-electron chi connectivity index (χ4n) is 3.59. The van der Waals surface area contributed by atoms with E-state index in [2.05, 4.69) is 48.0 Å². The Hall–Kier alpha value is -2.46. The van der Waals surface area contributed by atoms with Gasteiger partial charge >= 0.3 is 0 Å². The first-order valence-electron chi connectivity index (χ1n) is 9.39. The van der Waals surface area contributed by atoms with E-state index in [0.717, 1.165) is 29.5 Å². The first-order chi connectivity index (χ1) is 13.1. The molecule has 0 saturated heterocycles. The van der Waals surface area contributed by atoms with Crippen molar-refractivity contribution in [3.63, 3.8) is 0 Å². The molecule has 5 heteroatoms. The van der Waals surface area contributed by atoms with Gasteiger partial charge in [-0.15, -0.1) is 0 Å². The number of ether oxygens (including phenoxy) is 1. The van der Waals surface area contributed by atoms with E-state index < -0.39 is 0 Å². The van der Waals surface area contributed by atoms with Crippen LogP contribution in [0.5, 0.6) is 5.75 Å². The van der Waals surface area contributed by atoms with Crippen LogP contribution in [0.25, 0.3) is 10.9 Å². The molecular formula is C22H23ClN2O2. The minimum absolute atomic E-state index is 0.0633. The van der Waals surface area contributed by atoms with Gasteiger partial charge in [0.25, 0.3) is 5.91 Å². The van der Waals surface area contributed by atoms with E-state index in [1.165, 1.54) is 11.1 Å². The molecule has 0 saturated carbocycles. The summed E-state index contributed by atoms with van der Waals surface area (Å²) >= 11 is 6.37. The fourth-order valence-corrected chi connectivity index (χ4v) is 3.79. The van der Waals surface area contributed by atoms with Crippen LogP contribution in [-0.2, 0) is 13.0 Å². The minimum Gasteiger partial charge on any atom is -0.486 e. The van der Waals surface area contributed by atoms with Gasteiger partial charge in [0.1, 0.15) is 17.5 Å². The zero-order valence-corrected chi connectivity index (χ0v) is 16.3. The molecule has 27 heavy (non-hydrogen) atoms. The van der Waals surface area contributed by atoms with Gasteiger partial charge in [0.15, 0.2) is 0 Å². The number of aryl methyl sites for hydroxylation is 1. The third kappa shape index (κ3) is 3.42. The number of halogens is 1. The lowest BCUT2D eigenvalue weighted by Crippen LogP contribution is -2.32. The van der Waals surface area contributed by atoms with E-state index in [4.69, 9.17) is 16.3 Å². The van der Waals surface area contributed by atoms with E-state index in [0.29, 0.717) is 23.8 Å². The average molecular weight is 383 g/mol. The first kappa shape index (κ1) is 17.9. The Morgan fingerprint density at radius 3 is 2.78 bits per heavy atom. The molecule has 0 radical (unpaired) electrons. The Bertz CT molecular complexity index is 992. The highest BCUT2D eigenvalue weighted by atomic mass is 35.5. The Labute approximate surface area is 164 Å². The van der Waals surface area contributed by atoms with E-state index in [9.17, 15) is 4.79 Å². The number of hydrogen-bond donors (Lipinski definition) is 1. The number of aromatic nitrogens is 1. The van der Waals surface area contributed by atoms with Crippen molar-refractivity contribution in [2.75, 3.05) is 6.54 Å². The maximum absolute atomic E-state index is 12.9. The molecule has 0 bridgehead atoms. The van der Waals surface area contributed by atoms with Gasteiger partial charge in [-0.1, -0.05) is 48.4 Å². The summed E-state index contributed by atoms with van der Waals surface area (Å²) in [7, 11) is 0. The zero-order valence-electron chi connectivity index (χ0n) is 15.6. The molecule has 1 atom stereocenters. The van der Waals surface area contributed by atoms with Crippen molar-refractivity contribution in [3.05, 3.63) is 64.3 Å². The first-order valence-corrected chi connectivity index (χ1v) is 9.76. The van der Waals surface area contributed by atoms with Crippen LogP contribution in [0, 0.1) is 6.92 Å². The second-order valence-corrected chi connectivity index (χ2v) is 7.49. The second kappa shape index (κ2) is 7.28. The minimum atomic E-state index is -0.0721. The number of rotatable bonds is 5. The van der Waals surface area contributed by atoms with Crippen LogP contribution in [0.3, 0.4) is 0 Å². The maximum atomic E-state index is 12.9. The van der Waals surface area contributed by atoms with Crippen molar-refractivity contribution in [2.24, 2.45) is 0 Å². The summed E-state index contributed by atoms with van der Waals surface area (Å²) in [5.41, 5.74) is 4.01. The van der Waals surface area contributed by atoms with Gasteiger partial charge in [-0.3, -0.25) is 4.79 Å². The van der Waals surface area contributed by atoms with E-state index in [1.54, 1.807) is 0 Å². The van der Waals surface area contributed by atoms with Crippen molar-refractivity contribution in [1.29, 1.82) is 0 Å². The van der Waals surface area contributed by atoms with Crippen molar-refractivity contribution in [3.8, 4) is 5.75 Å². The van der Waals surface area contributed by atoms with Gasteiger partial charge in [0.05, 0.1) is 17.1 Å². The van der Waals surface area contributed by atoms with Crippen LogP contribution in [0.4, 0.5) is 0 Å². The number of carbonyl (C=O) groups is 1. The fraction of sp³-hybridized carbons (Fsp3) is 0.318. The molecule has 1 aliphatic heterocycles. The molecule has 0 fully saturated rings. The second-order valence-electron chi connectivity index (χ2n) is 7.09. The number of nitrogens with one attached hydrogen (secondary N) is 1. The Balaban J connectivity index is 1.56. The molecule has 2 aromatic carbocycles. The molecular weight excluding hydrogens is 360 g/mol. The van der Waals surface area contributed by atoms with E-state index in [1.807, 2.05) is 18.2 Å². The maximum Gasteiger partial charge on any atom is 0.267 e. The zero-order chi connectivity index (χ0) is 19.0. The number of nitrogens with zero attached hydrogens (tertiary/aromatic N) is 1. The van der Waals surface area contributed by atoms with Crippen LogP contribution >= 0.6 is 11.6 Å². The van der Waals surface area contributed by atoms with Crippen molar-refractivity contribution < 1.29 is 9.53 Å². The lowest BCUT2D eigenvalue weighted by Gasteiger charge is -2.26. The van der Waals surface area contributed by atoms with Gasteiger partial charge in [0.2, 0.25) is 0 Å². The quantitative estimate of drug-likeness (QED) is 0.692. The number of amides is 1. The highest BCUT2D eigenvalue weighted by Gasteiger charge is 2.26. The van der Waals surface area contributed by atoms with Crippen LogP contribution in [0.2, 0.25) is 5.02 Å². The molecule has 4 rings (SSSR count). The lowest BCUT2D eigenvalue weighted by atomic mass is 10.1. The van der Waals surface area contributed by atoms with Crippen molar-refractivity contribution >= 4 is 28.4 Å². The molecule has 1 aromatic heterocycles. The predicted molar refractivity (Wildman–Crippen MR) is 109 cm³/mol. The third-order valence-electron chi connectivity index (χ3n) is 5.16. The van der Waals surface area contributed by atoms with Gasteiger partial charge in [0, 0.05) is 11.9 Å². The molecule has 0 spiro atoms. The molecule has 1 N–H and O–H groups in total. The molecule has 1 aliphatic rings. The highest BCUT2D eigenvalue weighted by Crippen LogP contribution is 2.38. The number of carbonyl (C=O) groups excluding carboxylic acids is 1.